The van der Waals surface area contributed by atoms with Gasteiger partial charge in [-0.05, 0) is 43.5 Å². The molecule has 1 aromatic rings. The standard InChI is InChI=1S/C17H25ClN2O3S/c1-24(22,23)20(16-11-9-14(18)10-12-16)13-5-8-17(21)19-15-6-3-2-4-7-15/h9-12,15H,2-8,13H2,1H3,(H,19,21). The molecule has 0 atom stereocenters. The minimum atomic E-state index is -3.40. The number of rotatable bonds is 7. The van der Waals surface area contributed by atoms with Crippen LogP contribution in [-0.4, -0.2) is 33.2 Å². The molecule has 1 N–H and O–H groups in total. The van der Waals surface area contributed by atoms with Gasteiger partial charge in [0.25, 0.3) is 0 Å². The lowest BCUT2D eigenvalue weighted by molar-refractivity contribution is -0.122. The Morgan fingerprint density at radius 3 is 2.42 bits per heavy atom. The van der Waals surface area contributed by atoms with E-state index >= 15 is 0 Å². The van der Waals surface area contributed by atoms with Crippen LogP contribution in [0, 0.1) is 0 Å². The van der Waals surface area contributed by atoms with Crippen LogP contribution in [0.4, 0.5) is 5.69 Å². The van der Waals surface area contributed by atoms with Gasteiger partial charge in [0.15, 0.2) is 0 Å². The topological polar surface area (TPSA) is 66.5 Å². The molecule has 24 heavy (non-hydrogen) atoms. The number of carbonyl (C=O) groups excluding carboxylic acids is 1. The van der Waals surface area contributed by atoms with E-state index in [0.29, 0.717) is 23.6 Å². The summed E-state index contributed by atoms with van der Waals surface area (Å²) in [5.41, 5.74) is 0.564. The zero-order valence-electron chi connectivity index (χ0n) is 14.0. The van der Waals surface area contributed by atoms with Crippen molar-refractivity contribution in [2.45, 2.75) is 51.0 Å². The predicted octanol–water partition coefficient (Wildman–Crippen LogP) is 3.34. The van der Waals surface area contributed by atoms with Gasteiger partial charge in [0.1, 0.15) is 0 Å². The van der Waals surface area contributed by atoms with E-state index in [1.807, 2.05) is 0 Å². The zero-order valence-corrected chi connectivity index (χ0v) is 15.6. The summed E-state index contributed by atoms with van der Waals surface area (Å²) in [6.45, 7) is 0.276. The van der Waals surface area contributed by atoms with Crippen LogP contribution in [0.1, 0.15) is 44.9 Å². The van der Waals surface area contributed by atoms with E-state index < -0.39 is 10.0 Å². The highest BCUT2D eigenvalue weighted by molar-refractivity contribution is 7.92. The molecule has 0 heterocycles. The molecular formula is C17H25ClN2O3S. The van der Waals surface area contributed by atoms with E-state index in [1.54, 1.807) is 24.3 Å². The van der Waals surface area contributed by atoms with Gasteiger partial charge in [0.2, 0.25) is 15.9 Å². The summed E-state index contributed by atoms with van der Waals surface area (Å²) in [5, 5.41) is 3.61. The van der Waals surface area contributed by atoms with Crippen molar-refractivity contribution in [1.82, 2.24) is 5.32 Å². The Hall–Kier alpha value is -1.27. The molecule has 2 rings (SSSR count). The van der Waals surface area contributed by atoms with Crippen molar-refractivity contribution in [1.29, 1.82) is 0 Å². The quantitative estimate of drug-likeness (QED) is 0.798. The Labute approximate surface area is 149 Å². The van der Waals surface area contributed by atoms with E-state index in [4.69, 9.17) is 11.6 Å². The Balaban J connectivity index is 1.86. The average Bonchev–Trinajstić information content (AvgIpc) is 2.52. The lowest BCUT2D eigenvalue weighted by atomic mass is 9.95. The van der Waals surface area contributed by atoms with Gasteiger partial charge in [0.05, 0.1) is 11.9 Å². The van der Waals surface area contributed by atoms with E-state index in [0.717, 1.165) is 12.8 Å². The maximum absolute atomic E-state index is 12.0. The first-order valence-corrected chi connectivity index (χ1v) is 10.6. The highest BCUT2D eigenvalue weighted by Crippen LogP contribution is 2.21. The number of hydrogen-bond donors (Lipinski definition) is 1. The number of halogens is 1. The van der Waals surface area contributed by atoms with Crippen LogP contribution in [0.2, 0.25) is 5.02 Å². The number of hydrogen-bond acceptors (Lipinski definition) is 3. The maximum Gasteiger partial charge on any atom is 0.232 e. The average molecular weight is 373 g/mol. The number of amides is 1. The fraction of sp³-hybridized carbons (Fsp3) is 0.588. The highest BCUT2D eigenvalue weighted by Gasteiger charge is 2.19. The summed E-state index contributed by atoms with van der Waals surface area (Å²) in [6, 6.07) is 6.95. The van der Waals surface area contributed by atoms with Gasteiger partial charge in [0, 0.05) is 24.0 Å². The van der Waals surface area contributed by atoms with Gasteiger partial charge < -0.3 is 5.32 Å². The number of benzene rings is 1. The normalized spacial score (nSPS) is 15.9. The summed E-state index contributed by atoms with van der Waals surface area (Å²) in [6.07, 6.45) is 7.66. The van der Waals surface area contributed by atoms with Crippen molar-refractivity contribution in [2.75, 3.05) is 17.1 Å². The number of carbonyl (C=O) groups is 1. The van der Waals surface area contributed by atoms with Gasteiger partial charge >= 0.3 is 0 Å². The molecule has 0 aliphatic heterocycles. The second kappa shape index (κ2) is 8.72. The molecule has 0 unspecified atom stereocenters. The Kier molecular flexibility index (Phi) is 6.92. The van der Waals surface area contributed by atoms with Gasteiger partial charge in [-0.2, -0.15) is 0 Å². The molecule has 0 aromatic heterocycles. The highest BCUT2D eigenvalue weighted by atomic mass is 35.5. The van der Waals surface area contributed by atoms with Gasteiger partial charge in [-0.25, -0.2) is 8.42 Å². The third kappa shape index (κ3) is 5.98. The minimum Gasteiger partial charge on any atom is -0.353 e. The molecule has 0 radical (unpaired) electrons. The van der Waals surface area contributed by atoms with Crippen LogP contribution in [-0.2, 0) is 14.8 Å². The number of anilines is 1. The van der Waals surface area contributed by atoms with Crippen molar-refractivity contribution in [2.24, 2.45) is 0 Å². The monoisotopic (exact) mass is 372 g/mol. The van der Waals surface area contributed by atoms with Gasteiger partial charge in [-0.1, -0.05) is 30.9 Å². The number of nitrogens with zero attached hydrogens (tertiary/aromatic N) is 1. The van der Waals surface area contributed by atoms with Crippen molar-refractivity contribution in [3.63, 3.8) is 0 Å². The third-order valence-corrected chi connectivity index (χ3v) is 5.70. The number of nitrogens with one attached hydrogen (secondary N) is 1. The molecular weight excluding hydrogens is 348 g/mol. The van der Waals surface area contributed by atoms with E-state index in [2.05, 4.69) is 5.32 Å². The van der Waals surface area contributed by atoms with Crippen molar-refractivity contribution in [3.8, 4) is 0 Å². The third-order valence-electron chi connectivity index (χ3n) is 4.25. The summed E-state index contributed by atoms with van der Waals surface area (Å²) >= 11 is 5.85. The molecule has 1 fully saturated rings. The van der Waals surface area contributed by atoms with Crippen LogP contribution < -0.4 is 9.62 Å². The largest absolute Gasteiger partial charge is 0.353 e. The molecule has 1 amide bonds. The summed E-state index contributed by atoms with van der Waals surface area (Å²) in [5.74, 6) is 0.00598. The first-order chi connectivity index (χ1) is 11.4. The van der Waals surface area contributed by atoms with E-state index in [-0.39, 0.29) is 18.5 Å². The van der Waals surface area contributed by atoms with Crippen LogP contribution in [0.25, 0.3) is 0 Å². The van der Waals surface area contributed by atoms with Gasteiger partial charge in [-0.3, -0.25) is 9.10 Å². The molecule has 1 aliphatic carbocycles. The molecule has 1 aromatic carbocycles. The molecule has 0 saturated heterocycles. The lowest BCUT2D eigenvalue weighted by Crippen LogP contribution is -2.37. The first kappa shape index (κ1) is 19.1. The lowest BCUT2D eigenvalue weighted by Gasteiger charge is -2.24. The molecule has 7 heteroatoms. The SMILES string of the molecule is CS(=O)(=O)N(CCCC(=O)NC1CCCCC1)c1ccc(Cl)cc1. The molecule has 5 nitrogen and oxygen atoms in total. The Morgan fingerprint density at radius 2 is 1.83 bits per heavy atom. The fourth-order valence-corrected chi connectivity index (χ4v) is 4.12. The maximum atomic E-state index is 12.0. The minimum absolute atomic E-state index is 0.00598. The number of sulfonamides is 1. The Morgan fingerprint density at radius 1 is 1.21 bits per heavy atom. The zero-order chi connectivity index (χ0) is 17.6. The van der Waals surface area contributed by atoms with Crippen molar-refractivity contribution >= 4 is 33.2 Å². The molecule has 1 aliphatic rings. The fourth-order valence-electron chi connectivity index (χ4n) is 3.02. The van der Waals surface area contributed by atoms with Crippen LogP contribution in [0.15, 0.2) is 24.3 Å². The van der Waals surface area contributed by atoms with Crippen LogP contribution in [0.5, 0.6) is 0 Å². The molecule has 0 bridgehead atoms. The first-order valence-electron chi connectivity index (χ1n) is 8.39. The second-order valence-electron chi connectivity index (χ2n) is 6.32. The van der Waals surface area contributed by atoms with Crippen molar-refractivity contribution < 1.29 is 13.2 Å². The summed E-state index contributed by atoms with van der Waals surface area (Å²) in [4.78, 5) is 12.0. The molecule has 0 spiro atoms. The van der Waals surface area contributed by atoms with Crippen LogP contribution >= 0.6 is 11.6 Å². The Bertz CT molecular complexity index is 640. The summed E-state index contributed by atoms with van der Waals surface area (Å²) < 4.78 is 25.3. The van der Waals surface area contributed by atoms with Gasteiger partial charge in [-0.15, -0.1) is 0 Å². The smallest absolute Gasteiger partial charge is 0.232 e. The molecule has 134 valence electrons. The van der Waals surface area contributed by atoms with E-state index in [9.17, 15) is 13.2 Å². The molecule has 1 saturated carbocycles. The summed E-state index contributed by atoms with van der Waals surface area (Å²) in [7, 11) is -3.40. The second-order valence-corrected chi connectivity index (χ2v) is 8.66. The predicted molar refractivity (Wildman–Crippen MR) is 97.9 cm³/mol. The van der Waals surface area contributed by atoms with Crippen LogP contribution in [0.3, 0.4) is 0 Å². The van der Waals surface area contributed by atoms with Crippen molar-refractivity contribution in [3.05, 3.63) is 29.3 Å². The van der Waals surface area contributed by atoms with E-state index in [1.165, 1.54) is 29.8 Å².